The topological polar surface area (TPSA) is 112 Å². The van der Waals surface area contributed by atoms with Gasteiger partial charge in [-0.25, -0.2) is 4.79 Å². The molecule has 1 aromatic heterocycles. The second-order valence-electron chi connectivity index (χ2n) is 6.52. The van der Waals surface area contributed by atoms with Gasteiger partial charge in [0.25, 0.3) is 11.8 Å². The van der Waals surface area contributed by atoms with E-state index >= 15 is 0 Å². The van der Waals surface area contributed by atoms with Gasteiger partial charge in [-0.2, -0.15) is 0 Å². The molecule has 0 aliphatic carbocycles. The molecular formula is C22H22N4O4. The third-order valence-electron chi connectivity index (χ3n) is 4.12. The van der Waals surface area contributed by atoms with E-state index in [0.717, 1.165) is 5.56 Å². The SMILES string of the molecule is Cc1cccc(NC(=O)Nc2ccc(C(=O)NCCNC(=O)c3ccco3)cc2)c1. The van der Waals surface area contributed by atoms with Crippen molar-refractivity contribution in [1.82, 2.24) is 10.6 Å². The van der Waals surface area contributed by atoms with Gasteiger partial charge in [-0.15, -0.1) is 0 Å². The van der Waals surface area contributed by atoms with Gasteiger partial charge in [0.05, 0.1) is 6.26 Å². The molecule has 0 atom stereocenters. The first-order valence-corrected chi connectivity index (χ1v) is 9.36. The molecule has 0 saturated heterocycles. The molecule has 30 heavy (non-hydrogen) atoms. The molecule has 8 nitrogen and oxygen atoms in total. The summed E-state index contributed by atoms with van der Waals surface area (Å²) in [7, 11) is 0. The smallest absolute Gasteiger partial charge is 0.323 e. The number of benzene rings is 2. The van der Waals surface area contributed by atoms with Crippen molar-refractivity contribution in [2.45, 2.75) is 6.92 Å². The Bertz CT molecular complexity index is 1010. The molecule has 0 aliphatic heterocycles. The number of hydrogen-bond donors (Lipinski definition) is 4. The van der Waals surface area contributed by atoms with Crippen LogP contribution in [-0.4, -0.2) is 30.9 Å². The number of carbonyl (C=O) groups excluding carboxylic acids is 3. The van der Waals surface area contributed by atoms with Crippen molar-refractivity contribution in [3.05, 3.63) is 83.8 Å². The summed E-state index contributed by atoms with van der Waals surface area (Å²) in [4.78, 5) is 36.0. The van der Waals surface area contributed by atoms with Crippen LogP contribution in [0.1, 0.15) is 26.5 Å². The van der Waals surface area contributed by atoms with Crippen LogP contribution >= 0.6 is 0 Å². The number of urea groups is 1. The Morgan fingerprint density at radius 2 is 1.50 bits per heavy atom. The highest BCUT2D eigenvalue weighted by molar-refractivity contribution is 6.00. The van der Waals surface area contributed by atoms with Crippen LogP contribution in [0, 0.1) is 6.92 Å². The van der Waals surface area contributed by atoms with Crippen molar-refractivity contribution in [2.75, 3.05) is 23.7 Å². The van der Waals surface area contributed by atoms with Gasteiger partial charge in [0.1, 0.15) is 0 Å². The average molecular weight is 406 g/mol. The lowest BCUT2D eigenvalue weighted by Gasteiger charge is -2.09. The van der Waals surface area contributed by atoms with Crippen LogP contribution in [0.25, 0.3) is 0 Å². The summed E-state index contributed by atoms with van der Waals surface area (Å²) < 4.78 is 4.99. The summed E-state index contributed by atoms with van der Waals surface area (Å²) in [5.41, 5.74) is 2.74. The standard InChI is InChI=1S/C22H22N4O4/c1-15-4-2-5-18(14-15)26-22(29)25-17-9-7-16(8-10-17)20(27)23-11-12-24-21(28)19-6-3-13-30-19/h2-10,13-14H,11-12H2,1H3,(H,23,27)(H,24,28)(H2,25,26,29). The molecule has 0 radical (unpaired) electrons. The molecule has 154 valence electrons. The molecule has 1 heterocycles. The molecule has 3 rings (SSSR count). The highest BCUT2D eigenvalue weighted by Gasteiger charge is 2.09. The summed E-state index contributed by atoms with van der Waals surface area (Å²) in [5, 5.41) is 10.8. The van der Waals surface area contributed by atoms with Crippen LogP contribution in [0.2, 0.25) is 0 Å². The zero-order valence-electron chi connectivity index (χ0n) is 16.4. The zero-order valence-corrected chi connectivity index (χ0v) is 16.4. The van der Waals surface area contributed by atoms with Crippen molar-refractivity contribution in [2.24, 2.45) is 0 Å². The van der Waals surface area contributed by atoms with Crippen molar-refractivity contribution in [1.29, 1.82) is 0 Å². The Morgan fingerprint density at radius 1 is 0.800 bits per heavy atom. The van der Waals surface area contributed by atoms with E-state index in [1.54, 1.807) is 42.5 Å². The summed E-state index contributed by atoms with van der Waals surface area (Å²) in [6, 6.07) is 16.8. The molecule has 3 aromatic rings. The zero-order chi connectivity index (χ0) is 21.3. The van der Waals surface area contributed by atoms with Gasteiger partial charge in [-0.3, -0.25) is 9.59 Å². The summed E-state index contributed by atoms with van der Waals surface area (Å²) in [6.07, 6.45) is 1.42. The van der Waals surface area contributed by atoms with Gasteiger partial charge in [-0.1, -0.05) is 12.1 Å². The van der Waals surface area contributed by atoms with Gasteiger partial charge >= 0.3 is 6.03 Å². The van der Waals surface area contributed by atoms with E-state index < -0.39 is 0 Å². The minimum Gasteiger partial charge on any atom is -0.459 e. The minimum atomic E-state index is -0.370. The number of anilines is 2. The highest BCUT2D eigenvalue weighted by atomic mass is 16.3. The third kappa shape index (κ3) is 5.96. The lowest BCUT2D eigenvalue weighted by Crippen LogP contribution is -2.34. The predicted octanol–water partition coefficient (Wildman–Crippen LogP) is 3.39. The first-order chi connectivity index (χ1) is 14.5. The average Bonchev–Trinajstić information content (AvgIpc) is 3.26. The second kappa shape index (κ2) is 9.92. The Morgan fingerprint density at radius 3 is 2.17 bits per heavy atom. The van der Waals surface area contributed by atoms with Crippen LogP contribution in [0.3, 0.4) is 0 Å². The maximum Gasteiger partial charge on any atom is 0.323 e. The largest absolute Gasteiger partial charge is 0.459 e. The lowest BCUT2D eigenvalue weighted by atomic mass is 10.2. The molecule has 4 N–H and O–H groups in total. The minimum absolute atomic E-state index is 0.218. The van der Waals surface area contributed by atoms with Gasteiger partial charge in [0.15, 0.2) is 5.76 Å². The number of aryl methyl sites for hydroxylation is 1. The second-order valence-corrected chi connectivity index (χ2v) is 6.52. The van der Waals surface area contributed by atoms with Crippen molar-refractivity contribution < 1.29 is 18.8 Å². The van der Waals surface area contributed by atoms with E-state index in [1.165, 1.54) is 6.26 Å². The molecule has 0 bridgehead atoms. The number of furan rings is 1. The van der Waals surface area contributed by atoms with Crippen molar-refractivity contribution in [3.8, 4) is 0 Å². The molecule has 8 heteroatoms. The number of carbonyl (C=O) groups is 3. The fourth-order valence-electron chi connectivity index (χ4n) is 2.67. The Labute approximate surface area is 173 Å². The van der Waals surface area contributed by atoms with Crippen LogP contribution in [0.15, 0.2) is 71.3 Å². The summed E-state index contributed by atoms with van der Waals surface area (Å²) in [6.45, 7) is 2.48. The number of amides is 4. The number of nitrogens with one attached hydrogen (secondary N) is 4. The molecule has 0 unspecified atom stereocenters. The van der Waals surface area contributed by atoms with E-state index in [1.807, 2.05) is 25.1 Å². The molecular weight excluding hydrogens is 384 g/mol. The van der Waals surface area contributed by atoms with Gasteiger partial charge < -0.3 is 25.7 Å². The van der Waals surface area contributed by atoms with E-state index in [-0.39, 0.29) is 36.7 Å². The van der Waals surface area contributed by atoms with E-state index in [9.17, 15) is 14.4 Å². The van der Waals surface area contributed by atoms with Crippen LogP contribution < -0.4 is 21.3 Å². The monoisotopic (exact) mass is 406 g/mol. The summed E-state index contributed by atoms with van der Waals surface area (Å²) in [5.74, 6) is -0.400. The van der Waals surface area contributed by atoms with E-state index in [4.69, 9.17) is 4.42 Å². The number of rotatable bonds is 7. The molecule has 0 spiro atoms. The fraction of sp³-hybridized carbons (Fsp3) is 0.136. The molecule has 0 aliphatic rings. The maximum atomic E-state index is 12.2. The van der Waals surface area contributed by atoms with E-state index in [2.05, 4.69) is 21.3 Å². The molecule has 0 fully saturated rings. The fourth-order valence-corrected chi connectivity index (χ4v) is 2.67. The Hall–Kier alpha value is -4.07. The predicted molar refractivity (Wildman–Crippen MR) is 114 cm³/mol. The van der Waals surface area contributed by atoms with Crippen LogP contribution in [0.5, 0.6) is 0 Å². The lowest BCUT2D eigenvalue weighted by molar-refractivity contribution is 0.0910. The number of hydrogen-bond acceptors (Lipinski definition) is 4. The van der Waals surface area contributed by atoms with E-state index in [0.29, 0.717) is 16.9 Å². The van der Waals surface area contributed by atoms with Crippen molar-refractivity contribution >= 4 is 29.2 Å². The third-order valence-corrected chi connectivity index (χ3v) is 4.12. The maximum absolute atomic E-state index is 12.2. The van der Waals surface area contributed by atoms with Gasteiger partial charge in [0, 0.05) is 30.0 Å². The van der Waals surface area contributed by atoms with Crippen LogP contribution in [0.4, 0.5) is 16.2 Å². The first kappa shape index (κ1) is 20.7. The molecule has 0 saturated carbocycles. The van der Waals surface area contributed by atoms with Crippen molar-refractivity contribution in [3.63, 3.8) is 0 Å². The quantitative estimate of drug-likeness (QED) is 0.451. The van der Waals surface area contributed by atoms with Gasteiger partial charge in [0.2, 0.25) is 0 Å². The van der Waals surface area contributed by atoms with Crippen LogP contribution in [-0.2, 0) is 0 Å². The highest BCUT2D eigenvalue weighted by Crippen LogP contribution is 2.12. The Kier molecular flexibility index (Phi) is 6.83. The summed E-state index contributed by atoms with van der Waals surface area (Å²) >= 11 is 0. The normalized spacial score (nSPS) is 10.2. The first-order valence-electron chi connectivity index (χ1n) is 9.36. The molecule has 4 amide bonds. The molecule has 2 aromatic carbocycles. The van der Waals surface area contributed by atoms with Gasteiger partial charge in [-0.05, 0) is 61.0 Å². The Balaban J connectivity index is 1.42.